The lowest BCUT2D eigenvalue weighted by molar-refractivity contribution is 0.360. The molecule has 1 heterocycles. The van der Waals surface area contributed by atoms with Crippen LogP contribution in [0.25, 0.3) is 0 Å². The van der Waals surface area contributed by atoms with Crippen molar-refractivity contribution in [1.82, 2.24) is 4.98 Å². The molecular weight excluding hydrogens is 213 g/mol. The van der Waals surface area contributed by atoms with Crippen molar-refractivity contribution in [2.45, 2.75) is 32.3 Å². The molecule has 15 heavy (non-hydrogen) atoms. The van der Waals surface area contributed by atoms with E-state index in [2.05, 4.69) is 4.98 Å². The zero-order chi connectivity index (χ0) is 11.3. The summed E-state index contributed by atoms with van der Waals surface area (Å²) >= 11 is 0. The first-order chi connectivity index (χ1) is 7.10. The van der Waals surface area contributed by atoms with Gasteiger partial charge in [0.25, 0.3) is 0 Å². The van der Waals surface area contributed by atoms with Crippen LogP contribution < -0.4 is 4.52 Å². The molecular formula is C10H16NO3P. The predicted molar refractivity (Wildman–Crippen MR) is 59.1 cm³/mol. The van der Waals surface area contributed by atoms with Gasteiger partial charge in [-0.15, -0.1) is 0 Å². The van der Waals surface area contributed by atoms with Crippen molar-refractivity contribution in [3.8, 4) is 5.75 Å². The minimum atomic E-state index is -3.56. The topological polar surface area (TPSA) is 59.4 Å². The maximum atomic E-state index is 11.9. The Morgan fingerprint density at radius 3 is 2.67 bits per heavy atom. The summed E-state index contributed by atoms with van der Waals surface area (Å²) in [6.07, 6.45) is 4.28. The Labute approximate surface area is 89.8 Å². The van der Waals surface area contributed by atoms with Crippen LogP contribution in [0.1, 0.15) is 26.7 Å². The molecule has 0 spiro atoms. The van der Waals surface area contributed by atoms with E-state index in [9.17, 15) is 9.46 Å². The SMILES string of the molecule is CCC(CC)P(=O)(O)Oc1cccnc1. The van der Waals surface area contributed by atoms with Crippen LogP contribution in [0.3, 0.4) is 0 Å². The van der Waals surface area contributed by atoms with E-state index in [-0.39, 0.29) is 5.66 Å². The minimum absolute atomic E-state index is 0.308. The van der Waals surface area contributed by atoms with E-state index in [1.54, 1.807) is 18.3 Å². The van der Waals surface area contributed by atoms with Crippen LogP contribution in [0.5, 0.6) is 5.75 Å². The molecule has 1 aromatic rings. The molecule has 1 aromatic heterocycles. The Morgan fingerprint density at radius 1 is 1.53 bits per heavy atom. The van der Waals surface area contributed by atoms with Gasteiger partial charge >= 0.3 is 7.60 Å². The molecule has 1 rings (SSSR count). The molecule has 0 aliphatic rings. The maximum Gasteiger partial charge on any atom is 0.379 e. The van der Waals surface area contributed by atoms with E-state index >= 15 is 0 Å². The van der Waals surface area contributed by atoms with Crippen molar-refractivity contribution in [1.29, 1.82) is 0 Å². The average molecular weight is 229 g/mol. The summed E-state index contributed by atoms with van der Waals surface area (Å²) in [5, 5.41) is 0. The largest absolute Gasteiger partial charge is 0.423 e. The number of pyridine rings is 1. The van der Waals surface area contributed by atoms with Crippen molar-refractivity contribution in [2.24, 2.45) is 0 Å². The van der Waals surface area contributed by atoms with Crippen molar-refractivity contribution in [3.05, 3.63) is 24.5 Å². The average Bonchev–Trinajstić information content (AvgIpc) is 2.19. The molecule has 0 amide bonds. The minimum Gasteiger partial charge on any atom is -0.423 e. The van der Waals surface area contributed by atoms with Gasteiger partial charge < -0.3 is 9.42 Å². The molecule has 0 saturated heterocycles. The highest BCUT2D eigenvalue weighted by Crippen LogP contribution is 2.49. The summed E-state index contributed by atoms with van der Waals surface area (Å²) in [7, 11) is -3.56. The first-order valence-electron chi connectivity index (χ1n) is 5.02. The fraction of sp³-hybridized carbons (Fsp3) is 0.500. The second-order valence-corrected chi connectivity index (χ2v) is 5.36. The maximum absolute atomic E-state index is 11.9. The standard InChI is InChI=1S/C10H16NO3P/c1-3-10(4-2)15(12,13)14-9-6-5-7-11-8-9/h5-8,10H,3-4H2,1-2H3,(H,12,13). The first kappa shape index (κ1) is 12.2. The number of hydrogen-bond donors (Lipinski definition) is 1. The van der Waals surface area contributed by atoms with E-state index < -0.39 is 7.60 Å². The van der Waals surface area contributed by atoms with Crippen molar-refractivity contribution >= 4 is 7.60 Å². The Morgan fingerprint density at radius 2 is 2.20 bits per heavy atom. The fourth-order valence-electron chi connectivity index (χ4n) is 1.38. The van der Waals surface area contributed by atoms with E-state index in [0.29, 0.717) is 18.6 Å². The Balaban J connectivity index is 2.76. The van der Waals surface area contributed by atoms with Gasteiger partial charge in [-0.25, -0.2) is 4.57 Å². The fourth-order valence-corrected chi connectivity index (χ4v) is 2.86. The number of nitrogens with zero attached hydrogens (tertiary/aromatic N) is 1. The summed E-state index contributed by atoms with van der Waals surface area (Å²) < 4.78 is 16.9. The summed E-state index contributed by atoms with van der Waals surface area (Å²) in [4.78, 5) is 13.6. The van der Waals surface area contributed by atoms with Crippen LogP contribution in [-0.2, 0) is 4.57 Å². The monoisotopic (exact) mass is 229 g/mol. The zero-order valence-electron chi connectivity index (χ0n) is 8.96. The molecule has 1 N–H and O–H groups in total. The van der Waals surface area contributed by atoms with Crippen LogP contribution in [0, 0.1) is 0 Å². The lowest BCUT2D eigenvalue weighted by atomic mass is 10.3. The quantitative estimate of drug-likeness (QED) is 0.788. The van der Waals surface area contributed by atoms with Crippen LogP contribution >= 0.6 is 7.60 Å². The first-order valence-corrected chi connectivity index (χ1v) is 6.67. The van der Waals surface area contributed by atoms with Gasteiger partial charge in [-0.05, 0) is 25.0 Å². The van der Waals surface area contributed by atoms with Gasteiger partial charge in [-0.2, -0.15) is 0 Å². The number of hydrogen-bond acceptors (Lipinski definition) is 3. The van der Waals surface area contributed by atoms with Gasteiger partial charge in [0.2, 0.25) is 0 Å². The van der Waals surface area contributed by atoms with E-state index in [0.717, 1.165) is 0 Å². The molecule has 0 bridgehead atoms. The lowest BCUT2D eigenvalue weighted by Crippen LogP contribution is -2.10. The zero-order valence-corrected chi connectivity index (χ0v) is 9.85. The molecule has 1 unspecified atom stereocenters. The van der Waals surface area contributed by atoms with Crippen LogP contribution in [0.2, 0.25) is 0 Å². The molecule has 0 radical (unpaired) electrons. The lowest BCUT2D eigenvalue weighted by Gasteiger charge is -2.20. The van der Waals surface area contributed by atoms with Gasteiger partial charge in [0.15, 0.2) is 0 Å². The van der Waals surface area contributed by atoms with Crippen molar-refractivity contribution in [3.63, 3.8) is 0 Å². The highest BCUT2D eigenvalue weighted by Gasteiger charge is 2.30. The van der Waals surface area contributed by atoms with Gasteiger partial charge in [0.1, 0.15) is 5.75 Å². The molecule has 0 aromatic carbocycles. The van der Waals surface area contributed by atoms with Gasteiger partial charge in [0.05, 0.1) is 11.9 Å². The smallest absolute Gasteiger partial charge is 0.379 e. The Hall–Kier alpha value is -0.860. The predicted octanol–water partition coefficient (Wildman–Crippen LogP) is 2.83. The summed E-state index contributed by atoms with van der Waals surface area (Å²) in [6.45, 7) is 3.76. The molecule has 0 saturated carbocycles. The Bertz CT molecular complexity index is 338. The Kier molecular flexibility index (Phi) is 4.30. The van der Waals surface area contributed by atoms with Gasteiger partial charge in [0, 0.05) is 6.20 Å². The second-order valence-electron chi connectivity index (χ2n) is 3.31. The molecule has 0 fully saturated rings. The molecule has 0 aliphatic heterocycles. The van der Waals surface area contributed by atoms with Crippen LogP contribution in [0.4, 0.5) is 0 Å². The summed E-state index contributed by atoms with van der Waals surface area (Å²) in [5.41, 5.74) is -0.308. The van der Waals surface area contributed by atoms with Crippen molar-refractivity contribution < 1.29 is 14.0 Å². The number of rotatable bonds is 5. The van der Waals surface area contributed by atoms with E-state index in [1.165, 1.54) is 6.20 Å². The van der Waals surface area contributed by atoms with Crippen LogP contribution in [0.15, 0.2) is 24.5 Å². The number of aromatic nitrogens is 1. The summed E-state index contributed by atoms with van der Waals surface area (Å²) in [5.74, 6) is 0.343. The molecule has 0 aliphatic carbocycles. The third kappa shape index (κ3) is 3.33. The third-order valence-electron chi connectivity index (χ3n) is 2.27. The highest BCUT2D eigenvalue weighted by molar-refractivity contribution is 7.54. The normalized spacial score (nSPS) is 14.9. The van der Waals surface area contributed by atoms with Gasteiger partial charge in [-0.3, -0.25) is 4.98 Å². The molecule has 84 valence electrons. The van der Waals surface area contributed by atoms with Crippen molar-refractivity contribution in [2.75, 3.05) is 0 Å². The summed E-state index contributed by atoms with van der Waals surface area (Å²) in [6, 6.07) is 3.29. The highest BCUT2D eigenvalue weighted by atomic mass is 31.2. The van der Waals surface area contributed by atoms with Crippen LogP contribution in [-0.4, -0.2) is 15.5 Å². The molecule has 1 atom stereocenters. The molecule has 5 heteroatoms. The van der Waals surface area contributed by atoms with E-state index in [4.69, 9.17) is 4.52 Å². The van der Waals surface area contributed by atoms with E-state index in [1.807, 2.05) is 13.8 Å². The third-order valence-corrected chi connectivity index (χ3v) is 4.40. The second kappa shape index (κ2) is 5.29. The van der Waals surface area contributed by atoms with Gasteiger partial charge in [-0.1, -0.05) is 13.8 Å². The molecule has 4 nitrogen and oxygen atoms in total.